The van der Waals surface area contributed by atoms with Gasteiger partial charge in [-0.2, -0.15) is 0 Å². The second kappa shape index (κ2) is 12.5. The molecule has 3 heterocycles. The molecule has 0 unspecified atom stereocenters. The number of benzene rings is 7. The van der Waals surface area contributed by atoms with Crippen LogP contribution in [0.2, 0.25) is 0 Å². The van der Waals surface area contributed by atoms with Gasteiger partial charge in [0.15, 0.2) is 0 Å². The van der Waals surface area contributed by atoms with Crippen LogP contribution in [0, 0.1) is 6.92 Å². The first-order chi connectivity index (χ1) is 25.6. The molecule has 1 nitrogen and oxygen atoms in total. The van der Waals surface area contributed by atoms with Crippen LogP contribution in [0.4, 0.5) is 0 Å². The summed E-state index contributed by atoms with van der Waals surface area (Å²) in [6.07, 6.45) is 5.60. The van der Waals surface area contributed by atoms with Crippen LogP contribution in [0.3, 0.4) is 0 Å². The van der Waals surface area contributed by atoms with E-state index in [4.69, 9.17) is 0 Å². The van der Waals surface area contributed by atoms with Gasteiger partial charge < -0.3 is 4.57 Å². The van der Waals surface area contributed by atoms with E-state index in [0.717, 1.165) is 6.42 Å². The molecule has 0 radical (unpaired) electrons. The minimum absolute atomic E-state index is 1.03. The second-order valence-corrected chi connectivity index (χ2v) is 16.0. The van der Waals surface area contributed by atoms with E-state index in [1.165, 1.54) is 102 Å². The highest BCUT2D eigenvalue weighted by Gasteiger charge is 2.15. The number of hydrogen-bond donors (Lipinski definition) is 0. The van der Waals surface area contributed by atoms with Crippen LogP contribution >= 0.6 is 22.7 Å². The molecule has 52 heavy (non-hydrogen) atoms. The molecule has 7 aromatic carbocycles. The summed E-state index contributed by atoms with van der Waals surface area (Å²) in [5.41, 5.74) is 12.3. The van der Waals surface area contributed by atoms with E-state index in [1.54, 1.807) is 0 Å². The van der Waals surface area contributed by atoms with E-state index in [9.17, 15) is 0 Å². The molecule has 0 bridgehead atoms. The quantitative estimate of drug-likeness (QED) is 0.163. The van der Waals surface area contributed by atoms with Gasteiger partial charge in [-0.1, -0.05) is 97.9 Å². The molecule has 0 atom stereocenters. The summed E-state index contributed by atoms with van der Waals surface area (Å²) in [5.74, 6) is 0. The fourth-order valence-corrected chi connectivity index (χ4v) is 10.0. The summed E-state index contributed by atoms with van der Waals surface area (Å²) in [6.45, 7) is 4.44. The molecule has 10 rings (SSSR count). The van der Waals surface area contributed by atoms with Crippen LogP contribution in [0.25, 0.3) is 97.2 Å². The topological polar surface area (TPSA) is 4.93 Å². The number of aryl methyl sites for hydroxylation is 1. The highest BCUT2D eigenvalue weighted by atomic mass is 32.1. The van der Waals surface area contributed by atoms with E-state index in [2.05, 4.69) is 182 Å². The van der Waals surface area contributed by atoms with Crippen molar-refractivity contribution in [2.75, 3.05) is 0 Å². The Kier molecular flexibility index (Phi) is 7.45. The lowest BCUT2D eigenvalue weighted by atomic mass is 9.92. The Morgan fingerprint density at radius 2 is 0.981 bits per heavy atom. The molecule has 0 fully saturated rings. The summed E-state index contributed by atoms with van der Waals surface area (Å²) in [5, 5.41) is 6.54. The number of thiophene rings is 2. The van der Waals surface area contributed by atoms with Crippen molar-refractivity contribution in [3.8, 4) is 39.1 Å². The third kappa shape index (κ3) is 5.11. The number of aromatic nitrogens is 1. The lowest BCUT2D eigenvalue weighted by molar-refractivity contribution is 1.18. The number of hydrogen-bond acceptors (Lipinski definition) is 2. The Balaban J connectivity index is 1.14. The molecule has 0 saturated carbocycles. The van der Waals surface area contributed by atoms with Gasteiger partial charge in [0.1, 0.15) is 0 Å². The van der Waals surface area contributed by atoms with E-state index >= 15 is 0 Å². The minimum atomic E-state index is 1.03. The number of nitrogens with zero attached hydrogens (tertiary/aromatic N) is 1. The van der Waals surface area contributed by atoms with Gasteiger partial charge in [-0.05, 0) is 125 Å². The molecule has 3 aromatic heterocycles. The lowest BCUT2D eigenvalue weighted by Gasteiger charge is -2.13. The van der Waals surface area contributed by atoms with Gasteiger partial charge in [-0.25, -0.2) is 0 Å². The average molecular weight is 702 g/mol. The van der Waals surface area contributed by atoms with Crippen LogP contribution in [0.5, 0.6) is 0 Å². The van der Waals surface area contributed by atoms with Crippen molar-refractivity contribution in [2.45, 2.75) is 20.3 Å². The molecule has 0 aliphatic carbocycles. The highest BCUT2D eigenvalue weighted by molar-refractivity contribution is 7.25. The minimum Gasteiger partial charge on any atom is -0.309 e. The Morgan fingerprint density at radius 1 is 0.462 bits per heavy atom. The molecular formula is C49H35NS2. The predicted molar refractivity (Wildman–Crippen MR) is 229 cm³/mol. The summed E-state index contributed by atoms with van der Waals surface area (Å²) in [4.78, 5) is 1.37. The van der Waals surface area contributed by atoms with Crippen molar-refractivity contribution in [3.63, 3.8) is 0 Å². The molecule has 248 valence electrons. The maximum atomic E-state index is 2.40. The fraction of sp³-hybridized carbons (Fsp3) is 0.0612. The maximum Gasteiger partial charge on any atom is 0.0541 e. The van der Waals surface area contributed by atoms with E-state index in [0.29, 0.717) is 0 Å². The van der Waals surface area contributed by atoms with Gasteiger partial charge >= 0.3 is 0 Å². The standard InChI is InChI=1S/C49H35NS2/c1-3-4-11-39-31(2)51-48-24-20-33(29-43(39)48)36-26-35(27-37(28-36)34-21-25-49-44(30-34)42-14-7-10-17-47(42)52-49)32-18-22-38(23-19-32)50-45-15-8-5-12-40(45)41-13-6-9-16-46(41)50/h4-30H,3H2,1-2H3/b11-4-. The molecule has 0 aliphatic heterocycles. The second-order valence-electron chi connectivity index (χ2n) is 13.6. The summed E-state index contributed by atoms with van der Waals surface area (Å²) in [6, 6.07) is 56.4. The van der Waals surface area contributed by atoms with E-state index in [-0.39, 0.29) is 0 Å². The summed E-state index contributed by atoms with van der Waals surface area (Å²) >= 11 is 3.76. The molecule has 0 amide bonds. The third-order valence-corrected chi connectivity index (χ3v) is 12.7. The Hall–Kier alpha value is -5.74. The van der Waals surface area contributed by atoms with Crippen molar-refractivity contribution >= 4 is 80.8 Å². The number of allylic oxidation sites excluding steroid dienone is 1. The third-order valence-electron chi connectivity index (χ3n) is 10.4. The largest absolute Gasteiger partial charge is 0.309 e. The van der Waals surface area contributed by atoms with Gasteiger partial charge in [0.25, 0.3) is 0 Å². The van der Waals surface area contributed by atoms with Crippen LogP contribution in [-0.4, -0.2) is 4.57 Å². The molecular weight excluding hydrogens is 667 g/mol. The summed E-state index contributed by atoms with van der Waals surface area (Å²) < 4.78 is 6.38. The van der Waals surface area contributed by atoms with Crippen molar-refractivity contribution in [2.24, 2.45) is 0 Å². The van der Waals surface area contributed by atoms with Gasteiger partial charge in [-0.3, -0.25) is 0 Å². The van der Waals surface area contributed by atoms with Crippen LogP contribution in [0.15, 0.2) is 158 Å². The Morgan fingerprint density at radius 3 is 1.63 bits per heavy atom. The van der Waals surface area contributed by atoms with Crippen molar-refractivity contribution < 1.29 is 0 Å². The Bertz CT molecular complexity index is 2950. The van der Waals surface area contributed by atoms with Crippen molar-refractivity contribution in [1.82, 2.24) is 4.57 Å². The number of fused-ring (bicyclic) bond motifs is 7. The van der Waals surface area contributed by atoms with E-state index < -0.39 is 0 Å². The summed E-state index contributed by atoms with van der Waals surface area (Å²) in [7, 11) is 0. The molecule has 3 heteroatoms. The van der Waals surface area contributed by atoms with Crippen LogP contribution in [0.1, 0.15) is 23.8 Å². The first kappa shape index (κ1) is 31.0. The van der Waals surface area contributed by atoms with Gasteiger partial charge in [-0.15, -0.1) is 22.7 Å². The zero-order valence-corrected chi connectivity index (χ0v) is 30.7. The molecule has 0 aliphatic rings. The zero-order valence-electron chi connectivity index (χ0n) is 29.1. The first-order valence-electron chi connectivity index (χ1n) is 18.0. The molecule has 10 aromatic rings. The van der Waals surface area contributed by atoms with Crippen molar-refractivity contribution in [3.05, 3.63) is 168 Å². The molecule has 0 spiro atoms. The Labute approximate surface area is 311 Å². The monoisotopic (exact) mass is 701 g/mol. The first-order valence-corrected chi connectivity index (χ1v) is 19.6. The lowest BCUT2D eigenvalue weighted by Crippen LogP contribution is -1.93. The van der Waals surface area contributed by atoms with Crippen LogP contribution in [-0.2, 0) is 0 Å². The normalized spacial score (nSPS) is 12.0. The van der Waals surface area contributed by atoms with Crippen LogP contribution < -0.4 is 0 Å². The number of rotatable bonds is 6. The smallest absolute Gasteiger partial charge is 0.0541 e. The van der Waals surface area contributed by atoms with Crippen molar-refractivity contribution in [1.29, 1.82) is 0 Å². The fourth-order valence-electron chi connectivity index (χ4n) is 7.90. The van der Waals surface area contributed by atoms with Gasteiger partial charge in [0, 0.05) is 51.6 Å². The SMILES string of the molecule is CC/C=C\c1c(C)sc2ccc(-c3cc(-c4ccc(-n5c6ccccc6c6ccccc65)cc4)cc(-c4ccc5sc6ccccc6c5c4)c3)cc12. The highest BCUT2D eigenvalue weighted by Crippen LogP contribution is 2.41. The zero-order chi connectivity index (χ0) is 34.8. The molecule has 0 N–H and O–H groups in total. The van der Waals surface area contributed by atoms with Gasteiger partial charge in [0.2, 0.25) is 0 Å². The predicted octanol–water partition coefficient (Wildman–Crippen LogP) is 15.1. The number of para-hydroxylation sites is 2. The average Bonchev–Trinajstić information content (AvgIpc) is 3.84. The van der Waals surface area contributed by atoms with E-state index in [1.807, 2.05) is 22.7 Å². The van der Waals surface area contributed by atoms with Gasteiger partial charge in [0.05, 0.1) is 11.0 Å². The maximum absolute atomic E-state index is 2.40. The molecule has 0 saturated heterocycles.